The van der Waals surface area contributed by atoms with Gasteiger partial charge >= 0.3 is 17.9 Å². The number of likely N-dealkylation sites (N-methyl/N-ethyl adjacent to an activating group) is 3. The molecule has 0 saturated carbocycles. The molecule has 3 saturated heterocycles. The Kier molecular flexibility index (Phi) is 18.4. The highest BCUT2D eigenvalue weighted by Crippen LogP contribution is 2.48. The van der Waals surface area contributed by atoms with Gasteiger partial charge in [-0.3, -0.25) is 14.4 Å². The molecule has 410 valence electrons. The summed E-state index contributed by atoms with van der Waals surface area (Å²) in [6.45, 7) is 14.7. The van der Waals surface area contributed by atoms with Crippen LogP contribution in [0.15, 0.2) is 67.2 Å². The van der Waals surface area contributed by atoms with Gasteiger partial charge in [-0.2, -0.15) is 15.8 Å². The number of carbonyl (C=O) groups is 6. The predicted molar refractivity (Wildman–Crippen MR) is 283 cm³/mol. The van der Waals surface area contributed by atoms with Gasteiger partial charge in [0.15, 0.2) is 0 Å². The SMILES string of the molecule is CN(C)C(=O)C1=C(N2CCCC2)CC(C)(C)C/C1=C(/C#N)C(=O)OCC(COC(=O)/C(C#N)=C1\CC(C)(C)CC(N2CCCC2)=C1C(=O)N(C)C)COC(=O)/C(C#N)=C1\CC(C)(C)CC(N2CCCC2)=C1C(=O)N(C)C. The van der Waals surface area contributed by atoms with Gasteiger partial charge in [0.1, 0.15) is 54.7 Å². The number of nitriles is 3. The molecule has 3 aliphatic heterocycles. The molecule has 6 rings (SSSR count). The molecule has 0 radical (unpaired) electrons. The van der Waals surface area contributed by atoms with Crippen LogP contribution in [-0.2, 0) is 43.0 Å². The van der Waals surface area contributed by atoms with E-state index in [1.807, 2.05) is 59.8 Å². The first-order chi connectivity index (χ1) is 35.7. The number of nitrogens with zero attached hydrogens (tertiary/aromatic N) is 9. The van der Waals surface area contributed by atoms with E-state index in [0.29, 0.717) is 19.3 Å². The molecular formula is C58H79N9O9. The van der Waals surface area contributed by atoms with Crippen molar-refractivity contribution in [1.29, 1.82) is 15.8 Å². The molecule has 0 N–H and O–H groups in total. The first-order valence-electron chi connectivity index (χ1n) is 26.8. The summed E-state index contributed by atoms with van der Waals surface area (Å²) in [5, 5.41) is 32.2. The standard InChI is InChI=1S/C58H79N9O9/c1-56(2)25-38(47(50(68)62(7)8)44(28-56)65-19-13-14-20-65)41(31-59)53(71)74-34-37(35-75-54(72)42(32-60)39-26-57(3,4)29-45(66-21-15-16-22-66)48(39)51(69)63(9)10)36-76-55(73)43(33-61)40-27-58(5,6)30-46(67-23-17-18-24-67)49(40)52(70)64(11)12/h37H,13-30,34-36H2,1-12H3/b41-38+,42-39+,43-40+. The van der Waals surface area contributed by atoms with Crippen molar-refractivity contribution in [2.24, 2.45) is 22.2 Å². The summed E-state index contributed by atoms with van der Waals surface area (Å²) in [5.41, 5.74) is 1.50. The highest BCUT2D eigenvalue weighted by molar-refractivity contribution is 6.06. The Morgan fingerprint density at radius 3 is 0.855 bits per heavy atom. The van der Waals surface area contributed by atoms with Gasteiger partial charge < -0.3 is 43.6 Å². The van der Waals surface area contributed by atoms with Crippen molar-refractivity contribution in [3.8, 4) is 18.2 Å². The minimum absolute atomic E-state index is 0.221. The normalized spacial score (nSPS) is 22.1. The van der Waals surface area contributed by atoms with Gasteiger partial charge in [-0.05, 0) is 110 Å². The van der Waals surface area contributed by atoms with Crippen LogP contribution in [0.25, 0.3) is 0 Å². The maximum absolute atomic E-state index is 14.4. The lowest BCUT2D eigenvalue weighted by molar-refractivity contribution is -0.148. The maximum atomic E-state index is 14.4. The Morgan fingerprint density at radius 1 is 0.434 bits per heavy atom. The highest BCUT2D eigenvalue weighted by Gasteiger charge is 2.43. The lowest BCUT2D eigenvalue weighted by atomic mass is 9.72. The second-order valence-corrected chi connectivity index (χ2v) is 24.3. The lowest BCUT2D eigenvalue weighted by Gasteiger charge is -2.39. The van der Waals surface area contributed by atoms with Crippen LogP contribution < -0.4 is 0 Å². The molecule has 0 aromatic heterocycles. The molecule has 6 aliphatic rings. The minimum Gasteiger partial charge on any atom is -0.461 e. The number of carbonyl (C=O) groups excluding carboxylic acids is 6. The van der Waals surface area contributed by atoms with E-state index in [0.717, 1.165) is 94.9 Å². The number of rotatable bonds is 15. The summed E-state index contributed by atoms with van der Waals surface area (Å²) in [7, 11) is 9.70. The number of ether oxygens (including phenoxy) is 3. The van der Waals surface area contributed by atoms with Gasteiger partial charge in [-0.15, -0.1) is 0 Å². The Hall–Kier alpha value is -6.87. The minimum atomic E-state index is -1.14. The van der Waals surface area contributed by atoms with Gasteiger partial charge in [0.2, 0.25) is 0 Å². The zero-order valence-corrected chi connectivity index (χ0v) is 47.1. The molecule has 0 unspecified atom stereocenters. The molecule has 0 spiro atoms. The Balaban J connectivity index is 1.40. The third kappa shape index (κ3) is 13.2. The molecule has 0 atom stereocenters. The van der Waals surface area contributed by atoms with E-state index in [-0.39, 0.29) is 87.1 Å². The fourth-order valence-corrected chi connectivity index (χ4v) is 11.5. The fraction of sp³-hybridized carbons (Fsp3) is 0.638. The zero-order chi connectivity index (χ0) is 56.0. The zero-order valence-electron chi connectivity index (χ0n) is 47.1. The van der Waals surface area contributed by atoms with Crippen LogP contribution in [0.3, 0.4) is 0 Å². The molecular weight excluding hydrogens is 967 g/mol. The van der Waals surface area contributed by atoms with E-state index in [4.69, 9.17) is 14.2 Å². The average molecular weight is 1050 g/mol. The van der Waals surface area contributed by atoms with Crippen LogP contribution in [0.1, 0.15) is 119 Å². The third-order valence-corrected chi connectivity index (χ3v) is 15.2. The van der Waals surface area contributed by atoms with Crippen molar-refractivity contribution < 1.29 is 43.0 Å². The van der Waals surface area contributed by atoms with E-state index < -0.39 is 59.9 Å². The molecule has 18 nitrogen and oxygen atoms in total. The van der Waals surface area contributed by atoms with Gasteiger partial charge in [0, 0.05) is 98.6 Å². The number of esters is 3. The Labute approximate surface area is 449 Å². The van der Waals surface area contributed by atoms with Gasteiger partial charge in [0.05, 0.1) is 22.6 Å². The monoisotopic (exact) mass is 1050 g/mol. The van der Waals surface area contributed by atoms with Crippen LogP contribution >= 0.6 is 0 Å². The summed E-state index contributed by atoms with van der Waals surface area (Å²) in [6.07, 6.45) is 7.92. The molecule has 3 fully saturated rings. The summed E-state index contributed by atoms with van der Waals surface area (Å²) in [6, 6.07) is 6.11. The molecule has 18 heteroatoms. The van der Waals surface area contributed by atoms with Crippen molar-refractivity contribution in [2.45, 2.75) is 119 Å². The topological polar surface area (TPSA) is 221 Å². The third-order valence-electron chi connectivity index (χ3n) is 15.2. The Morgan fingerprint density at radius 2 is 0.658 bits per heavy atom. The number of likely N-dealkylation sites (tertiary alicyclic amines) is 3. The summed E-state index contributed by atoms with van der Waals surface area (Å²) in [5.74, 6) is -5.34. The van der Waals surface area contributed by atoms with Crippen LogP contribution in [0.4, 0.5) is 0 Å². The van der Waals surface area contributed by atoms with E-state index in [1.165, 1.54) is 14.7 Å². The van der Waals surface area contributed by atoms with Crippen molar-refractivity contribution >= 4 is 35.6 Å². The quantitative estimate of drug-likeness (QED) is 0.0743. The number of allylic oxidation sites excluding steroid dienone is 3. The van der Waals surface area contributed by atoms with Crippen LogP contribution in [-0.4, -0.2) is 166 Å². The maximum Gasteiger partial charge on any atom is 0.349 e. The van der Waals surface area contributed by atoms with Crippen LogP contribution in [0, 0.1) is 56.2 Å². The lowest BCUT2D eigenvalue weighted by Crippen LogP contribution is -2.37. The summed E-state index contributed by atoms with van der Waals surface area (Å²) in [4.78, 5) is 96.0. The molecule has 0 aromatic carbocycles. The predicted octanol–water partition coefficient (Wildman–Crippen LogP) is 6.47. The number of amides is 3. The van der Waals surface area contributed by atoms with Crippen molar-refractivity contribution in [3.05, 3.63) is 67.2 Å². The number of hydrogen-bond acceptors (Lipinski definition) is 15. The molecule has 76 heavy (non-hydrogen) atoms. The second kappa shape index (κ2) is 24.0. The van der Waals surface area contributed by atoms with Crippen LogP contribution in [0.5, 0.6) is 0 Å². The fourth-order valence-electron chi connectivity index (χ4n) is 11.5. The van der Waals surface area contributed by atoms with Gasteiger partial charge in [-0.25, -0.2) is 14.4 Å². The van der Waals surface area contributed by atoms with E-state index in [2.05, 4.69) is 14.7 Å². The highest BCUT2D eigenvalue weighted by atomic mass is 16.6. The molecule has 3 amide bonds. The van der Waals surface area contributed by atoms with Crippen molar-refractivity contribution in [1.82, 2.24) is 29.4 Å². The molecule has 3 heterocycles. The largest absolute Gasteiger partial charge is 0.461 e. The first kappa shape index (κ1) is 58.4. The van der Waals surface area contributed by atoms with Crippen molar-refractivity contribution in [2.75, 3.05) is 101 Å². The molecule has 0 bridgehead atoms. The summed E-state index contributed by atoms with van der Waals surface area (Å²) >= 11 is 0. The van der Waals surface area contributed by atoms with E-state index in [9.17, 15) is 44.6 Å². The van der Waals surface area contributed by atoms with Gasteiger partial charge in [-0.1, -0.05) is 41.5 Å². The van der Waals surface area contributed by atoms with Crippen LogP contribution in [0.2, 0.25) is 0 Å². The number of hydrogen-bond donors (Lipinski definition) is 0. The smallest absolute Gasteiger partial charge is 0.349 e. The van der Waals surface area contributed by atoms with E-state index in [1.54, 1.807) is 42.3 Å². The van der Waals surface area contributed by atoms with E-state index >= 15 is 0 Å². The average Bonchev–Trinajstić information content (AvgIpc) is 4.19. The van der Waals surface area contributed by atoms with Gasteiger partial charge in [0.25, 0.3) is 17.7 Å². The first-order valence-corrected chi connectivity index (χ1v) is 26.8. The Bertz CT molecular complexity index is 2400. The summed E-state index contributed by atoms with van der Waals surface area (Å²) < 4.78 is 17.7. The second-order valence-electron chi connectivity index (χ2n) is 24.3. The molecule has 3 aliphatic carbocycles. The molecule has 0 aromatic rings. The van der Waals surface area contributed by atoms with Crippen molar-refractivity contribution in [3.63, 3.8) is 0 Å².